The number of likely N-dealkylation sites (tertiary alicyclic amines) is 1. The molecular formula is C22H27Cl2FN4O2S2. The standard InChI is InChI=1S/C22H27Cl2FN4O2S2/c1-21(2)5-7-29(11-21)16-3-4-22(16)6-8-28(12-22)15-9-14(23)20(19(25)18(15)24)33(30,31)27-17-10-32-13-26-17/h9-10,13,16,27H,3-8,11-12H2,1-2H3/t16-,22+/m1/s1. The van der Waals surface area contributed by atoms with E-state index < -0.39 is 20.7 Å². The lowest BCUT2D eigenvalue weighted by Gasteiger charge is -2.52. The third-order valence-electron chi connectivity index (χ3n) is 7.53. The summed E-state index contributed by atoms with van der Waals surface area (Å²) in [6.45, 7) is 8.39. The minimum atomic E-state index is -4.28. The molecule has 0 amide bonds. The molecule has 0 radical (unpaired) electrons. The number of aromatic nitrogens is 1. The Kier molecular flexibility index (Phi) is 5.88. The van der Waals surface area contributed by atoms with Crippen LogP contribution < -0.4 is 9.62 Å². The summed E-state index contributed by atoms with van der Waals surface area (Å²) in [7, 11) is -4.28. The topological polar surface area (TPSA) is 65.5 Å². The maximum absolute atomic E-state index is 15.3. The number of hydrogen-bond acceptors (Lipinski definition) is 6. The molecule has 0 unspecified atom stereocenters. The van der Waals surface area contributed by atoms with Gasteiger partial charge in [0.2, 0.25) is 0 Å². The quantitative estimate of drug-likeness (QED) is 0.516. The van der Waals surface area contributed by atoms with Gasteiger partial charge in [-0.05, 0) is 43.7 Å². The van der Waals surface area contributed by atoms with Crippen molar-refractivity contribution in [3.05, 3.63) is 32.8 Å². The van der Waals surface area contributed by atoms with E-state index in [1.165, 1.54) is 41.1 Å². The summed E-state index contributed by atoms with van der Waals surface area (Å²) in [5.41, 5.74) is 2.45. The molecule has 3 heterocycles. The van der Waals surface area contributed by atoms with Gasteiger partial charge in [-0.25, -0.2) is 17.8 Å². The van der Waals surface area contributed by atoms with Gasteiger partial charge >= 0.3 is 0 Å². The number of benzene rings is 1. The molecule has 1 aromatic heterocycles. The fraction of sp³-hybridized carbons (Fsp3) is 0.591. The average molecular weight is 534 g/mol. The Balaban J connectivity index is 1.39. The molecule has 1 saturated carbocycles. The van der Waals surface area contributed by atoms with E-state index in [2.05, 4.69) is 33.4 Å². The van der Waals surface area contributed by atoms with E-state index in [9.17, 15) is 8.42 Å². The van der Waals surface area contributed by atoms with Gasteiger partial charge in [0.15, 0.2) is 11.6 Å². The van der Waals surface area contributed by atoms with E-state index in [-0.39, 0.29) is 21.3 Å². The Morgan fingerprint density at radius 2 is 2.00 bits per heavy atom. The van der Waals surface area contributed by atoms with Crippen LogP contribution >= 0.6 is 34.5 Å². The first kappa shape index (κ1) is 23.6. The number of thiazole rings is 1. The number of hydrogen-bond donors (Lipinski definition) is 1. The van der Waals surface area contributed by atoms with E-state index in [0.29, 0.717) is 17.1 Å². The number of anilines is 2. The number of halogens is 3. The zero-order valence-corrected chi connectivity index (χ0v) is 21.7. The van der Waals surface area contributed by atoms with Crippen LogP contribution in [0.15, 0.2) is 21.9 Å². The van der Waals surface area contributed by atoms with E-state index in [4.69, 9.17) is 23.2 Å². The molecule has 180 valence electrons. The molecule has 2 atom stereocenters. The van der Waals surface area contributed by atoms with E-state index >= 15 is 4.39 Å². The van der Waals surface area contributed by atoms with Crippen molar-refractivity contribution in [2.24, 2.45) is 10.8 Å². The van der Waals surface area contributed by atoms with Crippen molar-refractivity contribution in [3.63, 3.8) is 0 Å². The zero-order chi connectivity index (χ0) is 23.6. The lowest BCUT2D eigenvalue weighted by Crippen LogP contribution is -2.56. The average Bonchev–Trinajstić information content (AvgIpc) is 3.44. The number of nitrogens with one attached hydrogen (secondary N) is 1. The van der Waals surface area contributed by atoms with Crippen LogP contribution in [0.2, 0.25) is 10.0 Å². The highest BCUT2D eigenvalue weighted by Crippen LogP contribution is 2.54. The molecule has 1 aliphatic carbocycles. The molecule has 2 aromatic rings. The third kappa shape index (κ3) is 4.14. The molecule has 2 aliphatic heterocycles. The summed E-state index contributed by atoms with van der Waals surface area (Å²) in [5.74, 6) is -0.924. The molecule has 2 saturated heterocycles. The van der Waals surface area contributed by atoms with Crippen molar-refractivity contribution in [2.75, 3.05) is 35.8 Å². The van der Waals surface area contributed by atoms with Crippen molar-refractivity contribution in [1.29, 1.82) is 0 Å². The summed E-state index contributed by atoms with van der Waals surface area (Å²) in [6.07, 6.45) is 4.55. The summed E-state index contributed by atoms with van der Waals surface area (Å²) in [5, 5.41) is 1.11. The van der Waals surface area contributed by atoms with Crippen molar-refractivity contribution in [2.45, 2.75) is 50.5 Å². The van der Waals surface area contributed by atoms with Gasteiger partial charge in [-0.15, -0.1) is 11.3 Å². The van der Waals surface area contributed by atoms with Crippen LogP contribution in [0.3, 0.4) is 0 Å². The van der Waals surface area contributed by atoms with Gasteiger partial charge in [-0.1, -0.05) is 37.0 Å². The maximum Gasteiger partial charge on any atom is 0.267 e. The molecule has 3 fully saturated rings. The smallest absolute Gasteiger partial charge is 0.267 e. The highest BCUT2D eigenvalue weighted by atomic mass is 35.5. The second kappa shape index (κ2) is 8.22. The summed E-state index contributed by atoms with van der Waals surface area (Å²) < 4.78 is 43.1. The Morgan fingerprint density at radius 3 is 2.61 bits per heavy atom. The molecule has 1 aromatic carbocycles. The number of sulfonamides is 1. The van der Waals surface area contributed by atoms with Gasteiger partial charge in [0, 0.05) is 36.5 Å². The predicted molar refractivity (Wildman–Crippen MR) is 132 cm³/mol. The van der Waals surface area contributed by atoms with Crippen LogP contribution in [0, 0.1) is 16.6 Å². The fourth-order valence-corrected chi connectivity index (χ4v) is 8.26. The van der Waals surface area contributed by atoms with E-state index in [0.717, 1.165) is 39.0 Å². The third-order valence-corrected chi connectivity index (χ3v) is 10.3. The van der Waals surface area contributed by atoms with E-state index in [1.807, 2.05) is 0 Å². The minimum Gasteiger partial charge on any atom is -0.370 e. The first-order valence-electron chi connectivity index (χ1n) is 11.1. The summed E-state index contributed by atoms with van der Waals surface area (Å²) in [6, 6.07) is 2.01. The van der Waals surface area contributed by atoms with Gasteiger partial charge in [0.05, 0.1) is 16.2 Å². The molecule has 11 heteroatoms. The summed E-state index contributed by atoms with van der Waals surface area (Å²) >= 11 is 13.9. The fourth-order valence-electron chi connectivity index (χ4n) is 5.74. The zero-order valence-electron chi connectivity index (χ0n) is 18.6. The van der Waals surface area contributed by atoms with Crippen molar-refractivity contribution >= 4 is 56.1 Å². The van der Waals surface area contributed by atoms with Crippen LogP contribution in [-0.2, 0) is 10.0 Å². The number of nitrogens with zero attached hydrogens (tertiary/aromatic N) is 3. The van der Waals surface area contributed by atoms with Crippen LogP contribution in [-0.4, -0.2) is 50.5 Å². The van der Waals surface area contributed by atoms with Gasteiger partial charge in [0.1, 0.15) is 9.92 Å². The second-order valence-electron chi connectivity index (χ2n) is 10.3. The van der Waals surface area contributed by atoms with Gasteiger partial charge in [-0.2, -0.15) is 0 Å². The highest BCUT2D eigenvalue weighted by molar-refractivity contribution is 7.92. The molecule has 3 aliphatic rings. The summed E-state index contributed by atoms with van der Waals surface area (Å²) in [4.78, 5) is 7.93. The van der Waals surface area contributed by atoms with Crippen LogP contribution in [0.4, 0.5) is 15.9 Å². The van der Waals surface area contributed by atoms with E-state index in [1.54, 1.807) is 0 Å². The molecular weight excluding hydrogens is 506 g/mol. The normalized spacial score (nSPS) is 27.3. The largest absolute Gasteiger partial charge is 0.370 e. The van der Waals surface area contributed by atoms with Gasteiger partial charge in [0.25, 0.3) is 10.0 Å². The Labute approximate surface area is 208 Å². The molecule has 1 N–H and O–H groups in total. The lowest BCUT2D eigenvalue weighted by molar-refractivity contribution is -0.00273. The molecule has 33 heavy (non-hydrogen) atoms. The van der Waals surface area contributed by atoms with Crippen molar-refractivity contribution < 1.29 is 12.8 Å². The van der Waals surface area contributed by atoms with Crippen molar-refractivity contribution in [1.82, 2.24) is 9.88 Å². The number of rotatable bonds is 5. The monoisotopic (exact) mass is 532 g/mol. The van der Waals surface area contributed by atoms with Crippen LogP contribution in [0.1, 0.15) is 39.5 Å². The second-order valence-corrected chi connectivity index (χ2v) is 13.4. The molecule has 1 spiro atoms. The Bertz CT molecular complexity index is 1180. The maximum atomic E-state index is 15.3. The van der Waals surface area contributed by atoms with Crippen molar-refractivity contribution in [3.8, 4) is 0 Å². The molecule has 6 nitrogen and oxygen atoms in total. The van der Waals surface area contributed by atoms with Crippen LogP contribution in [0.5, 0.6) is 0 Å². The first-order chi connectivity index (χ1) is 15.5. The van der Waals surface area contributed by atoms with Gasteiger partial charge < -0.3 is 4.90 Å². The molecule has 0 bridgehead atoms. The minimum absolute atomic E-state index is 0.110. The SMILES string of the molecule is CC1(C)CCN([C@@H]2CC[C@@]23CCN(c2cc(Cl)c(S(=O)(=O)Nc4cscn4)c(F)c2Cl)C3)C1. The Hall–Kier alpha value is -1.13. The van der Waals surface area contributed by atoms with Crippen LogP contribution in [0.25, 0.3) is 0 Å². The molecule has 5 rings (SSSR count). The Morgan fingerprint density at radius 1 is 1.21 bits per heavy atom. The predicted octanol–water partition coefficient (Wildman–Crippen LogP) is 5.48. The lowest BCUT2D eigenvalue weighted by atomic mass is 9.63. The van der Waals surface area contributed by atoms with Gasteiger partial charge in [-0.3, -0.25) is 9.62 Å². The first-order valence-corrected chi connectivity index (χ1v) is 14.3. The highest BCUT2D eigenvalue weighted by Gasteiger charge is 2.54.